The van der Waals surface area contributed by atoms with Crippen molar-refractivity contribution >= 4 is 21.8 Å². The molecule has 2 rings (SSSR count). The number of hydrogen-bond donors (Lipinski definition) is 2. The Bertz CT molecular complexity index is 709. The second kappa shape index (κ2) is 9.63. The molecule has 1 fully saturated rings. The molecule has 1 aromatic heterocycles. The van der Waals surface area contributed by atoms with E-state index in [2.05, 4.69) is 15.6 Å². The molecule has 2 N–H and O–H groups in total. The molecule has 0 saturated carbocycles. The smallest absolute Gasteiger partial charge is 0.223 e. The molecule has 1 aliphatic heterocycles. The van der Waals surface area contributed by atoms with Crippen LogP contribution in [0.1, 0.15) is 31.4 Å². The predicted molar refractivity (Wildman–Crippen MR) is 97.5 cm³/mol. The van der Waals surface area contributed by atoms with E-state index < -0.39 is 10.0 Å². The number of hydrogen-bond acceptors (Lipinski definition) is 5. The Morgan fingerprint density at radius 2 is 2.15 bits per heavy atom. The van der Waals surface area contributed by atoms with E-state index in [9.17, 15) is 18.0 Å². The van der Waals surface area contributed by atoms with Crippen LogP contribution < -0.4 is 10.6 Å². The van der Waals surface area contributed by atoms with Gasteiger partial charge in [0.2, 0.25) is 21.8 Å². The van der Waals surface area contributed by atoms with Crippen LogP contribution in [0.2, 0.25) is 0 Å². The van der Waals surface area contributed by atoms with Crippen LogP contribution in [-0.4, -0.2) is 55.4 Å². The molecule has 2 amide bonds. The number of rotatable bonds is 4. The van der Waals surface area contributed by atoms with Gasteiger partial charge in [-0.05, 0) is 31.4 Å². The van der Waals surface area contributed by atoms with Crippen LogP contribution in [0, 0.1) is 5.92 Å². The van der Waals surface area contributed by atoms with E-state index >= 15 is 0 Å². The van der Waals surface area contributed by atoms with E-state index in [0.717, 1.165) is 11.9 Å². The van der Waals surface area contributed by atoms with Gasteiger partial charge in [0.25, 0.3) is 0 Å². The number of sulfonamides is 1. The summed E-state index contributed by atoms with van der Waals surface area (Å²) >= 11 is 0. The predicted octanol–water partition coefficient (Wildman–Crippen LogP) is 0.266. The maximum absolute atomic E-state index is 12.5. The van der Waals surface area contributed by atoms with Crippen molar-refractivity contribution in [1.29, 1.82) is 0 Å². The minimum atomic E-state index is -3.37. The highest BCUT2D eigenvalue weighted by Gasteiger charge is 2.23. The molecule has 0 spiro atoms. The molecule has 8 nitrogen and oxygen atoms in total. The first-order chi connectivity index (χ1) is 12.4. The summed E-state index contributed by atoms with van der Waals surface area (Å²) in [6, 6.07) is 5.50. The Morgan fingerprint density at radius 1 is 1.35 bits per heavy atom. The lowest BCUT2D eigenvalue weighted by atomic mass is 9.98. The van der Waals surface area contributed by atoms with Crippen LogP contribution in [0.15, 0.2) is 24.4 Å². The molecule has 0 aliphatic carbocycles. The Labute approximate surface area is 154 Å². The van der Waals surface area contributed by atoms with E-state index in [0.29, 0.717) is 38.9 Å². The van der Waals surface area contributed by atoms with Crippen molar-refractivity contribution < 1.29 is 18.0 Å². The number of nitrogens with zero attached hydrogens (tertiary/aromatic N) is 2. The van der Waals surface area contributed by atoms with Crippen molar-refractivity contribution in [3.8, 4) is 0 Å². The average Bonchev–Trinajstić information content (AvgIpc) is 2.64. The van der Waals surface area contributed by atoms with E-state index in [4.69, 9.17) is 0 Å². The van der Waals surface area contributed by atoms with Gasteiger partial charge in [-0.2, -0.15) is 0 Å². The van der Waals surface area contributed by atoms with Crippen molar-refractivity contribution in [3.63, 3.8) is 0 Å². The van der Waals surface area contributed by atoms with Gasteiger partial charge in [0, 0.05) is 38.2 Å². The first-order valence-corrected chi connectivity index (χ1v) is 10.6. The second-order valence-electron chi connectivity index (χ2n) is 6.43. The van der Waals surface area contributed by atoms with Crippen molar-refractivity contribution in [2.75, 3.05) is 25.9 Å². The quantitative estimate of drug-likeness (QED) is 0.777. The molecule has 1 aromatic rings. The molecule has 1 saturated heterocycles. The molecule has 144 valence electrons. The minimum absolute atomic E-state index is 0.102. The van der Waals surface area contributed by atoms with Gasteiger partial charge in [-0.1, -0.05) is 6.07 Å². The molecule has 1 unspecified atom stereocenters. The van der Waals surface area contributed by atoms with Crippen molar-refractivity contribution in [2.45, 2.75) is 32.2 Å². The third-order valence-electron chi connectivity index (χ3n) is 4.37. The normalized spacial score (nSPS) is 20.7. The van der Waals surface area contributed by atoms with E-state index in [1.165, 1.54) is 4.31 Å². The van der Waals surface area contributed by atoms with Gasteiger partial charge in [-0.3, -0.25) is 14.6 Å². The zero-order chi connectivity index (χ0) is 19.0. The SMILES string of the molecule is CS(=O)(=O)N1CCCC(C(=O)NCc2ccccn2)CCNC(=O)CC1. The number of aromatic nitrogens is 1. The Hall–Kier alpha value is -2.00. The zero-order valence-electron chi connectivity index (χ0n) is 15.0. The topological polar surface area (TPSA) is 108 Å². The van der Waals surface area contributed by atoms with Crippen LogP contribution >= 0.6 is 0 Å². The Balaban J connectivity index is 1.96. The van der Waals surface area contributed by atoms with Crippen LogP contribution in [0.5, 0.6) is 0 Å². The van der Waals surface area contributed by atoms with Gasteiger partial charge in [0.1, 0.15) is 0 Å². The van der Waals surface area contributed by atoms with Crippen LogP contribution in [0.4, 0.5) is 0 Å². The monoisotopic (exact) mass is 382 g/mol. The van der Waals surface area contributed by atoms with E-state index in [1.54, 1.807) is 6.20 Å². The molecular formula is C17H26N4O4S. The lowest BCUT2D eigenvalue weighted by molar-refractivity contribution is -0.126. The molecule has 0 bridgehead atoms. The standard InChI is InChI=1S/C17H26N4O4S/c1-26(24,25)21-11-4-5-14(7-10-19-16(22)8-12-21)17(23)20-13-15-6-2-3-9-18-15/h2-3,6,9,14H,4-5,7-8,10-13H2,1H3,(H,19,22)(H,20,23). The number of pyridine rings is 1. The highest BCUT2D eigenvalue weighted by atomic mass is 32.2. The molecule has 0 radical (unpaired) electrons. The Kier molecular flexibility index (Phi) is 7.52. The van der Waals surface area contributed by atoms with Crippen molar-refractivity contribution in [1.82, 2.24) is 19.9 Å². The molecule has 9 heteroatoms. The number of carbonyl (C=O) groups excluding carboxylic acids is 2. The van der Waals surface area contributed by atoms with E-state index in [1.807, 2.05) is 18.2 Å². The third-order valence-corrected chi connectivity index (χ3v) is 5.68. The van der Waals surface area contributed by atoms with Gasteiger partial charge >= 0.3 is 0 Å². The van der Waals surface area contributed by atoms with Gasteiger partial charge in [-0.25, -0.2) is 12.7 Å². The van der Waals surface area contributed by atoms with Gasteiger partial charge in [-0.15, -0.1) is 0 Å². The lowest BCUT2D eigenvalue weighted by Gasteiger charge is -2.20. The summed E-state index contributed by atoms with van der Waals surface area (Å²) in [5.41, 5.74) is 0.772. The third kappa shape index (κ3) is 6.72. The highest BCUT2D eigenvalue weighted by molar-refractivity contribution is 7.88. The number of nitrogens with one attached hydrogen (secondary N) is 2. The van der Waals surface area contributed by atoms with Crippen LogP contribution in [-0.2, 0) is 26.2 Å². The maximum atomic E-state index is 12.5. The molecule has 1 aliphatic rings. The molecule has 1 atom stereocenters. The largest absolute Gasteiger partial charge is 0.356 e. The van der Waals surface area contributed by atoms with Crippen LogP contribution in [0.25, 0.3) is 0 Å². The first kappa shape index (κ1) is 20.3. The van der Waals surface area contributed by atoms with Crippen molar-refractivity contribution in [3.05, 3.63) is 30.1 Å². The summed E-state index contributed by atoms with van der Waals surface area (Å²) < 4.78 is 25.0. The summed E-state index contributed by atoms with van der Waals surface area (Å²) in [6.45, 7) is 1.23. The van der Waals surface area contributed by atoms with E-state index in [-0.39, 0.29) is 30.7 Å². The van der Waals surface area contributed by atoms with Crippen molar-refractivity contribution in [2.24, 2.45) is 5.92 Å². The summed E-state index contributed by atoms with van der Waals surface area (Å²) in [5.74, 6) is -0.582. The highest BCUT2D eigenvalue weighted by Crippen LogP contribution is 2.14. The summed E-state index contributed by atoms with van der Waals surface area (Å²) in [6.07, 6.45) is 4.60. The van der Waals surface area contributed by atoms with Gasteiger partial charge in [0.05, 0.1) is 18.5 Å². The molecular weight excluding hydrogens is 356 g/mol. The first-order valence-electron chi connectivity index (χ1n) is 8.75. The number of carbonyl (C=O) groups is 2. The van der Waals surface area contributed by atoms with Crippen LogP contribution in [0.3, 0.4) is 0 Å². The summed E-state index contributed by atoms with van der Waals surface area (Å²) in [5, 5.41) is 5.63. The fourth-order valence-electron chi connectivity index (χ4n) is 2.89. The number of amides is 2. The fraction of sp³-hybridized carbons (Fsp3) is 0.588. The Morgan fingerprint density at radius 3 is 2.85 bits per heavy atom. The fourth-order valence-corrected chi connectivity index (χ4v) is 3.77. The lowest BCUT2D eigenvalue weighted by Crippen LogP contribution is -2.35. The molecule has 2 heterocycles. The summed E-state index contributed by atoms with van der Waals surface area (Å²) in [4.78, 5) is 28.5. The summed E-state index contributed by atoms with van der Waals surface area (Å²) in [7, 11) is -3.37. The van der Waals surface area contributed by atoms with Gasteiger partial charge < -0.3 is 10.6 Å². The van der Waals surface area contributed by atoms with Gasteiger partial charge in [0.15, 0.2) is 0 Å². The molecule has 26 heavy (non-hydrogen) atoms. The maximum Gasteiger partial charge on any atom is 0.223 e. The molecule has 0 aromatic carbocycles. The average molecular weight is 382 g/mol. The minimum Gasteiger partial charge on any atom is -0.356 e. The second-order valence-corrected chi connectivity index (χ2v) is 8.41. The zero-order valence-corrected chi connectivity index (χ0v) is 15.8.